The van der Waals surface area contributed by atoms with Crippen LogP contribution in [0.3, 0.4) is 0 Å². The number of benzene rings is 1. The molecule has 0 saturated heterocycles. The number of hydrogen-bond donors (Lipinski definition) is 2. The topological polar surface area (TPSA) is 50.4 Å². The van der Waals surface area contributed by atoms with E-state index in [4.69, 9.17) is 4.74 Å². The molecule has 4 nitrogen and oxygen atoms in total. The lowest BCUT2D eigenvalue weighted by Gasteiger charge is -2.06. The molecule has 0 fully saturated rings. The third-order valence-electron chi connectivity index (χ3n) is 2.76. The van der Waals surface area contributed by atoms with E-state index in [-0.39, 0.29) is 5.91 Å². The average molecular weight is 264 g/mol. The second-order valence-corrected chi connectivity index (χ2v) is 4.53. The summed E-state index contributed by atoms with van der Waals surface area (Å²) >= 11 is 0. The van der Waals surface area contributed by atoms with Crippen LogP contribution in [0, 0.1) is 0 Å². The molecule has 0 aliphatic carbocycles. The van der Waals surface area contributed by atoms with Crippen molar-refractivity contribution in [3.8, 4) is 0 Å². The molecule has 2 N–H and O–H groups in total. The number of carbonyl (C=O) groups is 1. The number of hydrogen-bond acceptors (Lipinski definition) is 3. The Hall–Kier alpha value is -1.39. The molecule has 4 heteroatoms. The first-order valence-electron chi connectivity index (χ1n) is 6.80. The Bertz CT molecular complexity index is 363. The fourth-order valence-electron chi connectivity index (χ4n) is 1.71. The quantitative estimate of drug-likeness (QED) is 0.669. The highest BCUT2D eigenvalue weighted by Gasteiger charge is 1.99. The highest BCUT2D eigenvalue weighted by atomic mass is 16.5. The van der Waals surface area contributed by atoms with Gasteiger partial charge in [0.05, 0.1) is 6.61 Å². The fourth-order valence-corrected chi connectivity index (χ4v) is 1.71. The molecule has 0 radical (unpaired) electrons. The second-order valence-electron chi connectivity index (χ2n) is 4.53. The number of rotatable bonds is 9. The third kappa shape index (κ3) is 6.94. The summed E-state index contributed by atoms with van der Waals surface area (Å²) in [6.07, 6.45) is 1.51. The van der Waals surface area contributed by atoms with Crippen LogP contribution in [-0.2, 0) is 22.7 Å². The van der Waals surface area contributed by atoms with Gasteiger partial charge in [0.15, 0.2) is 0 Å². The monoisotopic (exact) mass is 264 g/mol. The Labute approximate surface area is 115 Å². The summed E-state index contributed by atoms with van der Waals surface area (Å²) in [6, 6.07) is 8.29. The van der Waals surface area contributed by atoms with Gasteiger partial charge < -0.3 is 15.4 Å². The van der Waals surface area contributed by atoms with E-state index in [1.165, 1.54) is 11.1 Å². The zero-order chi connectivity index (χ0) is 13.9. The van der Waals surface area contributed by atoms with Gasteiger partial charge in [0.25, 0.3) is 0 Å². The van der Waals surface area contributed by atoms with Gasteiger partial charge in [0, 0.05) is 33.2 Å². The summed E-state index contributed by atoms with van der Waals surface area (Å²) in [5.74, 6) is 0.116. The van der Waals surface area contributed by atoms with E-state index in [2.05, 4.69) is 34.9 Å². The average Bonchev–Trinajstić information content (AvgIpc) is 2.43. The maximum Gasteiger partial charge on any atom is 0.221 e. The summed E-state index contributed by atoms with van der Waals surface area (Å²) in [6.45, 7) is 4.95. The zero-order valence-corrected chi connectivity index (χ0v) is 11.9. The van der Waals surface area contributed by atoms with Crippen molar-refractivity contribution >= 4 is 5.91 Å². The molecule has 1 amide bonds. The van der Waals surface area contributed by atoms with Crippen molar-refractivity contribution in [2.24, 2.45) is 0 Å². The minimum absolute atomic E-state index is 0.116. The maximum absolute atomic E-state index is 11.4. The summed E-state index contributed by atoms with van der Waals surface area (Å²) in [5, 5.41) is 6.13. The van der Waals surface area contributed by atoms with Crippen LogP contribution >= 0.6 is 0 Å². The van der Waals surface area contributed by atoms with Crippen LogP contribution in [0.4, 0.5) is 0 Å². The van der Waals surface area contributed by atoms with Gasteiger partial charge in [-0.25, -0.2) is 0 Å². The highest BCUT2D eigenvalue weighted by Crippen LogP contribution is 2.05. The van der Waals surface area contributed by atoms with Crippen molar-refractivity contribution in [3.05, 3.63) is 35.4 Å². The Morgan fingerprint density at radius 2 is 1.84 bits per heavy atom. The van der Waals surface area contributed by atoms with Gasteiger partial charge in [-0.05, 0) is 17.5 Å². The smallest absolute Gasteiger partial charge is 0.221 e. The molecule has 19 heavy (non-hydrogen) atoms. The molecular formula is C15H24N2O2. The normalized spacial score (nSPS) is 10.4. The predicted molar refractivity (Wildman–Crippen MR) is 76.8 cm³/mol. The molecule has 106 valence electrons. The minimum atomic E-state index is 0.116. The molecule has 1 aromatic rings. The van der Waals surface area contributed by atoms with Gasteiger partial charge in [-0.15, -0.1) is 0 Å². The lowest BCUT2D eigenvalue weighted by atomic mass is 10.1. The maximum atomic E-state index is 11.4. The first kappa shape index (κ1) is 15.7. The number of amides is 1. The second kappa shape index (κ2) is 9.53. The van der Waals surface area contributed by atoms with Crippen molar-refractivity contribution < 1.29 is 9.53 Å². The SMILES string of the molecule is CCCNC(=O)CCNCc1ccc(COC)cc1. The van der Waals surface area contributed by atoms with E-state index in [0.29, 0.717) is 19.6 Å². The third-order valence-corrected chi connectivity index (χ3v) is 2.76. The van der Waals surface area contributed by atoms with E-state index < -0.39 is 0 Å². The summed E-state index contributed by atoms with van der Waals surface area (Å²) in [7, 11) is 1.69. The predicted octanol–water partition coefficient (Wildman–Crippen LogP) is 1.84. The van der Waals surface area contributed by atoms with E-state index in [1.54, 1.807) is 7.11 Å². The van der Waals surface area contributed by atoms with Crippen molar-refractivity contribution in [3.63, 3.8) is 0 Å². The Morgan fingerprint density at radius 3 is 2.47 bits per heavy atom. The molecule has 1 rings (SSSR count). The van der Waals surface area contributed by atoms with E-state index in [0.717, 1.165) is 19.5 Å². The van der Waals surface area contributed by atoms with Crippen LogP contribution in [0.15, 0.2) is 24.3 Å². The standard InChI is InChI=1S/C15H24N2O2/c1-3-9-17-15(18)8-10-16-11-13-4-6-14(7-5-13)12-19-2/h4-7,16H,3,8-12H2,1-2H3,(H,17,18). The van der Waals surface area contributed by atoms with Gasteiger partial charge in [-0.2, -0.15) is 0 Å². The minimum Gasteiger partial charge on any atom is -0.380 e. The van der Waals surface area contributed by atoms with Gasteiger partial charge >= 0.3 is 0 Å². The van der Waals surface area contributed by atoms with Crippen LogP contribution in [0.5, 0.6) is 0 Å². The molecule has 0 bridgehead atoms. The number of carbonyl (C=O) groups excluding carboxylic acids is 1. The number of nitrogens with one attached hydrogen (secondary N) is 2. The van der Waals surface area contributed by atoms with Crippen LogP contribution in [0.25, 0.3) is 0 Å². The lowest BCUT2D eigenvalue weighted by Crippen LogP contribution is -2.28. The van der Waals surface area contributed by atoms with Gasteiger partial charge in [0.2, 0.25) is 5.91 Å². The molecular weight excluding hydrogens is 240 g/mol. The molecule has 0 aliphatic heterocycles. The summed E-state index contributed by atoms with van der Waals surface area (Å²) in [4.78, 5) is 11.4. The lowest BCUT2D eigenvalue weighted by molar-refractivity contribution is -0.120. The van der Waals surface area contributed by atoms with Crippen LogP contribution in [0.1, 0.15) is 30.9 Å². The van der Waals surface area contributed by atoms with E-state index in [1.807, 2.05) is 6.92 Å². The Morgan fingerprint density at radius 1 is 1.16 bits per heavy atom. The van der Waals surface area contributed by atoms with Crippen molar-refractivity contribution in [2.45, 2.75) is 32.9 Å². The van der Waals surface area contributed by atoms with Gasteiger partial charge in [-0.1, -0.05) is 31.2 Å². The van der Waals surface area contributed by atoms with Crippen LogP contribution in [0.2, 0.25) is 0 Å². The molecule has 0 heterocycles. The van der Waals surface area contributed by atoms with Crippen LogP contribution in [-0.4, -0.2) is 26.1 Å². The molecule has 0 aliphatic rings. The first-order valence-corrected chi connectivity index (χ1v) is 6.80. The molecule has 0 spiro atoms. The first-order chi connectivity index (χ1) is 9.26. The van der Waals surface area contributed by atoms with Crippen LogP contribution < -0.4 is 10.6 Å². The molecule has 0 atom stereocenters. The van der Waals surface area contributed by atoms with Gasteiger partial charge in [0.1, 0.15) is 0 Å². The Balaban J connectivity index is 2.16. The van der Waals surface area contributed by atoms with E-state index >= 15 is 0 Å². The molecule has 0 aromatic heterocycles. The largest absolute Gasteiger partial charge is 0.380 e. The zero-order valence-electron chi connectivity index (χ0n) is 11.9. The molecule has 0 saturated carbocycles. The fraction of sp³-hybridized carbons (Fsp3) is 0.533. The van der Waals surface area contributed by atoms with Crippen molar-refractivity contribution in [1.82, 2.24) is 10.6 Å². The number of ether oxygens (including phenoxy) is 1. The molecule has 1 aromatic carbocycles. The van der Waals surface area contributed by atoms with Gasteiger partial charge in [-0.3, -0.25) is 4.79 Å². The van der Waals surface area contributed by atoms with E-state index in [9.17, 15) is 4.79 Å². The van der Waals surface area contributed by atoms with Crippen molar-refractivity contribution in [1.29, 1.82) is 0 Å². The number of methoxy groups -OCH3 is 1. The summed E-state index contributed by atoms with van der Waals surface area (Å²) < 4.78 is 5.06. The molecule has 0 unspecified atom stereocenters. The van der Waals surface area contributed by atoms with Crippen molar-refractivity contribution in [2.75, 3.05) is 20.2 Å². The Kier molecular flexibility index (Phi) is 7.86. The highest BCUT2D eigenvalue weighted by molar-refractivity contribution is 5.75. The summed E-state index contributed by atoms with van der Waals surface area (Å²) in [5.41, 5.74) is 2.39.